The average molecular weight is 582 g/mol. The summed E-state index contributed by atoms with van der Waals surface area (Å²) in [6, 6.07) is 7.27. The van der Waals surface area contributed by atoms with Crippen molar-refractivity contribution in [2.24, 2.45) is 11.7 Å². The number of benzene rings is 2. The Morgan fingerprint density at radius 2 is 1.77 bits per heavy atom. The van der Waals surface area contributed by atoms with Gasteiger partial charge in [-0.25, -0.2) is 18.0 Å². The molecule has 12 heteroatoms. The van der Waals surface area contributed by atoms with E-state index in [1.807, 2.05) is 13.8 Å². The van der Waals surface area contributed by atoms with Crippen LogP contribution in [0.2, 0.25) is 0 Å². The lowest BCUT2D eigenvalue weighted by Gasteiger charge is -2.24. The van der Waals surface area contributed by atoms with Crippen molar-refractivity contribution >= 4 is 29.5 Å². The van der Waals surface area contributed by atoms with Gasteiger partial charge in [-0.2, -0.15) is 0 Å². The fraction of sp³-hybridized carbons (Fsp3) is 0.464. The lowest BCUT2D eigenvalue weighted by atomic mass is 10.0. The Hall–Kier alpha value is -3.25. The van der Waals surface area contributed by atoms with E-state index in [0.29, 0.717) is 24.1 Å². The SMILES string of the molecule is CCOC(=O)C(Oc1ccc(CNC(=O)C2SCCN2C(=O)C[C@H](N)Cc2cc(F)c(F)cc2F)cc1)C(C)C. The van der Waals surface area contributed by atoms with E-state index >= 15 is 0 Å². The van der Waals surface area contributed by atoms with E-state index in [2.05, 4.69) is 5.32 Å². The monoisotopic (exact) mass is 581 g/mol. The Balaban J connectivity index is 1.52. The third-order valence-electron chi connectivity index (χ3n) is 6.22. The van der Waals surface area contributed by atoms with Gasteiger partial charge >= 0.3 is 5.97 Å². The fourth-order valence-electron chi connectivity index (χ4n) is 4.15. The van der Waals surface area contributed by atoms with Gasteiger partial charge in [-0.3, -0.25) is 9.59 Å². The molecule has 1 aliphatic rings. The Morgan fingerprint density at radius 3 is 2.42 bits per heavy atom. The van der Waals surface area contributed by atoms with E-state index in [0.717, 1.165) is 11.6 Å². The molecule has 0 spiro atoms. The molecule has 40 heavy (non-hydrogen) atoms. The van der Waals surface area contributed by atoms with Crippen LogP contribution in [0.15, 0.2) is 36.4 Å². The summed E-state index contributed by atoms with van der Waals surface area (Å²) in [5, 5.41) is 2.07. The van der Waals surface area contributed by atoms with Crippen LogP contribution in [0.1, 0.15) is 38.3 Å². The minimum Gasteiger partial charge on any atom is -0.478 e. The topological polar surface area (TPSA) is 111 Å². The van der Waals surface area contributed by atoms with Gasteiger partial charge in [-0.05, 0) is 42.7 Å². The summed E-state index contributed by atoms with van der Waals surface area (Å²) in [5.41, 5.74) is 6.67. The first-order valence-corrected chi connectivity index (χ1v) is 14.0. The molecule has 3 N–H and O–H groups in total. The number of hydrogen-bond acceptors (Lipinski definition) is 7. The summed E-state index contributed by atoms with van der Waals surface area (Å²) in [5.74, 6) is -3.64. The Morgan fingerprint density at radius 1 is 1.10 bits per heavy atom. The number of thioether (sulfide) groups is 1. The predicted molar refractivity (Wildman–Crippen MR) is 145 cm³/mol. The second kappa shape index (κ2) is 14.4. The number of ether oxygens (including phenoxy) is 2. The average Bonchev–Trinajstić information content (AvgIpc) is 3.40. The van der Waals surface area contributed by atoms with Crippen LogP contribution >= 0.6 is 11.8 Å². The van der Waals surface area contributed by atoms with E-state index in [1.54, 1.807) is 31.2 Å². The number of rotatable bonds is 12. The number of amides is 2. The number of nitrogens with zero attached hydrogens (tertiary/aromatic N) is 1. The van der Waals surface area contributed by atoms with Gasteiger partial charge in [-0.15, -0.1) is 11.8 Å². The molecule has 2 aromatic rings. The summed E-state index contributed by atoms with van der Waals surface area (Å²) in [6.07, 6.45) is -1.09. The van der Waals surface area contributed by atoms with Crippen molar-refractivity contribution in [2.75, 3.05) is 18.9 Å². The molecule has 1 fully saturated rings. The van der Waals surface area contributed by atoms with Crippen molar-refractivity contribution in [2.45, 2.75) is 57.7 Å². The molecular formula is C28H34F3N3O5S. The summed E-state index contributed by atoms with van der Waals surface area (Å²) < 4.78 is 51.5. The molecule has 0 aromatic heterocycles. The highest BCUT2D eigenvalue weighted by molar-refractivity contribution is 8.00. The first-order valence-electron chi connectivity index (χ1n) is 13.0. The molecule has 1 aliphatic heterocycles. The van der Waals surface area contributed by atoms with Gasteiger partial charge in [-0.1, -0.05) is 26.0 Å². The zero-order valence-corrected chi connectivity index (χ0v) is 23.4. The molecule has 3 rings (SSSR count). The third-order valence-corrected chi connectivity index (χ3v) is 7.42. The van der Waals surface area contributed by atoms with Crippen molar-refractivity contribution in [3.8, 4) is 5.75 Å². The number of nitrogens with one attached hydrogen (secondary N) is 1. The number of hydrogen-bond donors (Lipinski definition) is 2. The maximum absolute atomic E-state index is 14.0. The first kappa shape index (κ1) is 31.3. The maximum atomic E-state index is 14.0. The highest BCUT2D eigenvalue weighted by Gasteiger charge is 2.35. The van der Waals surface area contributed by atoms with Gasteiger partial charge in [0.1, 0.15) is 11.6 Å². The van der Waals surface area contributed by atoms with E-state index in [9.17, 15) is 27.6 Å². The zero-order valence-electron chi connectivity index (χ0n) is 22.6. The molecule has 0 radical (unpaired) electrons. The Kier molecular flexibility index (Phi) is 11.3. The lowest BCUT2D eigenvalue weighted by molar-refractivity contribution is -0.153. The van der Waals surface area contributed by atoms with E-state index < -0.39 is 40.9 Å². The van der Waals surface area contributed by atoms with Crippen LogP contribution in [-0.4, -0.2) is 59.1 Å². The minimum atomic E-state index is -1.30. The highest BCUT2D eigenvalue weighted by Crippen LogP contribution is 2.26. The molecule has 2 amide bonds. The second-order valence-corrected chi connectivity index (χ2v) is 10.9. The molecular weight excluding hydrogens is 547 g/mol. The molecule has 8 nitrogen and oxygen atoms in total. The molecule has 2 aromatic carbocycles. The van der Waals surface area contributed by atoms with Crippen LogP contribution in [0.5, 0.6) is 5.75 Å². The van der Waals surface area contributed by atoms with Crippen LogP contribution in [0, 0.1) is 23.4 Å². The van der Waals surface area contributed by atoms with E-state index in [1.165, 1.54) is 16.7 Å². The molecule has 218 valence electrons. The van der Waals surface area contributed by atoms with Gasteiger partial charge in [0, 0.05) is 43.3 Å². The number of carbonyl (C=O) groups excluding carboxylic acids is 3. The summed E-state index contributed by atoms with van der Waals surface area (Å²) in [4.78, 5) is 39.3. The normalized spacial score (nSPS) is 16.5. The van der Waals surface area contributed by atoms with Crippen molar-refractivity contribution in [1.29, 1.82) is 0 Å². The molecule has 0 aliphatic carbocycles. The largest absolute Gasteiger partial charge is 0.478 e. The summed E-state index contributed by atoms with van der Waals surface area (Å²) >= 11 is 1.31. The van der Waals surface area contributed by atoms with Crippen LogP contribution < -0.4 is 15.8 Å². The van der Waals surface area contributed by atoms with Crippen molar-refractivity contribution in [3.05, 3.63) is 65.0 Å². The zero-order chi connectivity index (χ0) is 29.4. The molecule has 2 unspecified atom stereocenters. The Bertz CT molecular complexity index is 1200. The van der Waals surface area contributed by atoms with Crippen molar-refractivity contribution < 1.29 is 37.0 Å². The fourth-order valence-corrected chi connectivity index (χ4v) is 5.31. The molecule has 0 bridgehead atoms. The lowest BCUT2D eigenvalue weighted by Crippen LogP contribution is -2.46. The van der Waals surface area contributed by atoms with Gasteiger partial charge in [0.25, 0.3) is 5.91 Å². The standard InChI is InChI=1S/C28H34F3N3O5S/c1-4-38-28(37)25(16(2)3)39-20-7-5-17(6-8-20)15-33-26(36)27-34(9-10-40-27)24(35)13-19(32)11-18-12-22(30)23(31)14-21(18)29/h5-8,12,14,16,19,25,27H,4,9-11,13,15,32H2,1-3H3,(H,33,36)/t19-,25?,27?/m1/s1. The van der Waals surface area contributed by atoms with Gasteiger partial charge in [0.2, 0.25) is 5.91 Å². The summed E-state index contributed by atoms with van der Waals surface area (Å²) in [6.45, 7) is 6.27. The summed E-state index contributed by atoms with van der Waals surface area (Å²) in [7, 11) is 0. The molecule has 1 saturated heterocycles. The van der Waals surface area contributed by atoms with Crippen LogP contribution in [0.25, 0.3) is 0 Å². The van der Waals surface area contributed by atoms with Crippen LogP contribution in [0.4, 0.5) is 13.2 Å². The number of carbonyl (C=O) groups is 3. The van der Waals surface area contributed by atoms with Crippen LogP contribution in [0.3, 0.4) is 0 Å². The quantitative estimate of drug-likeness (QED) is 0.291. The molecule has 1 heterocycles. The molecule has 3 atom stereocenters. The van der Waals surface area contributed by atoms with Crippen molar-refractivity contribution in [1.82, 2.24) is 10.2 Å². The van der Waals surface area contributed by atoms with Gasteiger partial charge in [0.15, 0.2) is 23.1 Å². The van der Waals surface area contributed by atoms with Gasteiger partial charge < -0.3 is 25.4 Å². The first-order chi connectivity index (χ1) is 19.0. The number of nitrogens with two attached hydrogens (primary N) is 1. The third kappa shape index (κ3) is 8.37. The van der Waals surface area contributed by atoms with E-state index in [-0.39, 0.29) is 49.3 Å². The van der Waals surface area contributed by atoms with Gasteiger partial charge in [0.05, 0.1) is 6.61 Å². The minimum absolute atomic E-state index is 0.0887. The predicted octanol–water partition coefficient (Wildman–Crippen LogP) is 3.55. The maximum Gasteiger partial charge on any atom is 0.347 e. The second-order valence-electron chi connectivity index (χ2n) is 9.73. The van der Waals surface area contributed by atoms with Crippen molar-refractivity contribution in [3.63, 3.8) is 0 Å². The Labute approximate surface area is 235 Å². The van der Waals surface area contributed by atoms with E-state index in [4.69, 9.17) is 15.2 Å². The number of esters is 1. The smallest absolute Gasteiger partial charge is 0.347 e. The molecule has 0 saturated carbocycles. The van der Waals surface area contributed by atoms with Crippen LogP contribution in [-0.2, 0) is 32.1 Å². The highest BCUT2D eigenvalue weighted by atomic mass is 32.2. The number of halogens is 3.